The van der Waals surface area contributed by atoms with Gasteiger partial charge in [0.25, 0.3) is 0 Å². The van der Waals surface area contributed by atoms with Gasteiger partial charge < -0.3 is 9.15 Å². The Bertz CT molecular complexity index is 729. The molecule has 1 saturated carbocycles. The van der Waals surface area contributed by atoms with E-state index in [4.69, 9.17) is 19.4 Å². The highest BCUT2D eigenvalue weighted by Gasteiger charge is 2.22. The van der Waals surface area contributed by atoms with E-state index < -0.39 is 0 Å². The van der Waals surface area contributed by atoms with Crippen LogP contribution >= 0.6 is 0 Å². The summed E-state index contributed by atoms with van der Waals surface area (Å²) in [5.74, 6) is 1.38. The fourth-order valence-corrected chi connectivity index (χ4v) is 3.67. The molecule has 0 aliphatic heterocycles. The molecule has 1 aliphatic rings. The van der Waals surface area contributed by atoms with Crippen molar-refractivity contribution in [1.82, 2.24) is 9.88 Å². The molecule has 2 aromatic rings. The van der Waals surface area contributed by atoms with E-state index >= 15 is 0 Å². The first-order valence-corrected chi connectivity index (χ1v) is 9.59. The molecule has 0 radical (unpaired) electrons. The maximum absolute atomic E-state index is 8.99. The second-order valence-corrected chi connectivity index (χ2v) is 6.74. The average molecular weight is 353 g/mol. The predicted octanol–water partition coefficient (Wildman–Crippen LogP) is 4.79. The van der Waals surface area contributed by atoms with Crippen molar-refractivity contribution in [2.24, 2.45) is 0 Å². The molecule has 0 amide bonds. The van der Waals surface area contributed by atoms with Crippen LogP contribution in [-0.4, -0.2) is 29.1 Å². The largest absolute Gasteiger partial charge is 0.493 e. The molecule has 1 fully saturated rings. The molecule has 0 bridgehead atoms. The standard InChI is InChI=1S/C21H27N3O2/c1-2-25-20-12-7-6-11-19(20)21-23-17(16-26-21)15-24(14-8-13-22)18-9-4-3-5-10-18/h6-7,11-12,16,18H,2-5,8-10,14-15H2,1H3. The van der Waals surface area contributed by atoms with Gasteiger partial charge in [-0.25, -0.2) is 4.98 Å². The zero-order valence-electron chi connectivity index (χ0n) is 15.5. The lowest BCUT2D eigenvalue weighted by molar-refractivity contribution is 0.149. The number of rotatable bonds is 8. The molecule has 1 aromatic heterocycles. The first kappa shape index (κ1) is 18.5. The Hall–Kier alpha value is -2.32. The number of nitrogens with zero attached hydrogens (tertiary/aromatic N) is 3. The Morgan fingerprint density at radius 3 is 2.85 bits per heavy atom. The SMILES string of the molecule is CCOc1ccccc1-c1nc(CN(CCC#N)C2CCCCC2)co1. The molecule has 5 heteroatoms. The van der Waals surface area contributed by atoms with Crippen LogP contribution in [0.2, 0.25) is 0 Å². The van der Waals surface area contributed by atoms with Gasteiger partial charge in [-0.2, -0.15) is 5.26 Å². The van der Waals surface area contributed by atoms with Gasteiger partial charge in [0.2, 0.25) is 5.89 Å². The Labute approximate surface area is 155 Å². The summed E-state index contributed by atoms with van der Waals surface area (Å²) in [7, 11) is 0. The van der Waals surface area contributed by atoms with Crippen molar-refractivity contribution in [3.63, 3.8) is 0 Å². The van der Waals surface area contributed by atoms with Crippen LogP contribution in [0.25, 0.3) is 11.5 Å². The first-order valence-electron chi connectivity index (χ1n) is 9.59. The predicted molar refractivity (Wildman–Crippen MR) is 101 cm³/mol. The molecule has 0 N–H and O–H groups in total. The Morgan fingerprint density at radius 2 is 2.08 bits per heavy atom. The van der Waals surface area contributed by atoms with Crippen LogP contribution in [0.4, 0.5) is 0 Å². The van der Waals surface area contributed by atoms with E-state index in [-0.39, 0.29) is 0 Å². The number of para-hydroxylation sites is 1. The molecule has 26 heavy (non-hydrogen) atoms. The third kappa shape index (κ3) is 4.64. The highest BCUT2D eigenvalue weighted by Crippen LogP contribution is 2.30. The summed E-state index contributed by atoms with van der Waals surface area (Å²) in [6.07, 6.45) is 8.59. The molecule has 0 saturated heterocycles. The van der Waals surface area contributed by atoms with Crippen LogP contribution in [0, 0.1) is 11.3 Å². The molecule has 0 atom stereocenters. The number of oxazole rings is 1. The highest BCUT2D eigenvalue weighted by atomic mass is 16.5. The van der Waals surface area contributed by atoms with Crippen molar-refractivity contribution in [3.8, 4) is 23.3 Å². The van der Waals surface area contributed by atoms with Crippen LogP contribution in [0.5, 0.6) is 5.75 Å². The third-order valence-electron chi connectivity index (χ3n) is 4.94. The van der Waals surface area contributed by atoms with Gasteiger partial charge in [0.15, 0.2) is 0 Å². The van der Waals surface area contributed by atoms with E-state index in [0.717, 1.165) is 30.1 Å². The van der Waals surface area contributed by atoms with Crippen LogP contribution in [0.3, 0.4) is 0 Å². The molecule has 5 nitrogen and oxygen atoms in total. The van der Waals surface area contributed by atoms with Crippen LogP contribution in [0.15, 0.2) is 34.9 Å². The van der Waals surface area contributed by atoms with Gasteiger partial charge in [-0.3, -0.25) is 4.90 Å². The van der Waals surface area contributed by atoms with Gasteiger partial charge in [0.05, 0.1) is 23.9 Å². The molecule has 0 spiro atoms. The number of ether oxygens (including phenoxy) is 1. The summed E-state index contributed by atoms with van der Waals surface area (Å²) in [5, 5.41) is 8.99. The minimum Gasteiger partial charge on any atom is -0.493 e. The Kier molecular flexibility index (Phi) is 6.68. The topological polar surface area (TPSA) is 62.3 Å². The highest BCUT2D eigenvalue weighted by molar-refractivity contribution is 5.62. The summed E-state index contributed by atoms with van der Waals surface area (Å²) < 4.78 is 11.4. The van der Waals surface area contributed by atoms with Crippen molar-refractivity contribution in [2.75, 3.05) is 13.2 Å². The van der Waals surface area contributed by atoms with Crippen molar-refractivity contribution in [1.29, 1.82) is 5.26 Å². The molecule has 1 aromatic carbocycles. The van der Waals surface area contributed by atoms with E-state index in [0.29, 0.717) is 25.0 Å². The van der Waals surface area contributed by atoms with Crippen LogP contribution in [0.1, 0.15) is 51.1 Å². The van der Waals surface area contributed by atoms with Gasteiger partial charge >= 0.3 is 0 Å². The van der Waals surface area contributed by atoms with Crippen LogP contribution in [-0.2, 0) is 6.54 Å². The smallest absolute Gasteiger partial charge is 0.229 e. The fraction of sp³-hybridized carbons (Fsp3) is 0.524. The summed E-state index contributed by atoms with van der Waals surface area (Å²) in [5.41, 5.74) is 1.79. The van der Waals surface area contributed by atoms with E-state index in [1.807, 2.05) is 31.2 Å². The Morgan fingerprint density at radius 1 is 1.27 bits per heavy atom. The number of nitriles is 1. The molecule has 1 aliphatic carbocycles. The van der Waals surface area contributed by atoms with Gasteiger partial charge in [0, 0.05) is 25.6 Å². The summed E-state index contributed by atoms with van der Waals surface area (Å²) in [4.78, 5) is 7.10. The molecular formula is C21H27N3O2. The molecule has 1 heterocycles. The monoisotopic (exact) mass is 353 g/mol. The van der Waals surface area contributed by atoms with Crippen LogP contribution < -0.4 is 4.74 Å². The number of aromatic nitrogens is 1. The van der Waals surface area contributed by atoms with Gasteiger partial charge in [-0.15, -0.1) is 0 Å². The van der Waals surface area contributed by atoms with E-state index in [1.165, 1.54) is 32.1 Å². The van der Waals surface area contributed by atoms with Gasteiger partial charge in [-0.05, 0) is 31.9 Å². The lowest BCUT2D eigenvalue weighted by Crippen LogP contribution is -2.37. The summed E-state index contributed by atoms with van der Waals surface area (Å²) in [6, 6.07) is 10.6. The third-order valence-corrected chi connectivity index (χ3v) is 4.94. The van der Waals surface area contributed by atoms with Crippen molar-refractivity contribution in [2.45, 2.75) is 58.0 Å². The summed E-state index contributed by atoms with van der Waals surface area (Å²) >= 11 is 0. The Balaban J connectivity index is 1.74. The zero-order valence-corrected chi connectivity index (χ0v) is 15.5. The quantitative estimate of drug-likeness (QED) is 0.683. The minimum absolute atomic E-state index is 0.549. The average Bonchev–Trinajstić information content (AvgIpc) is 3.15. The molecular weight excluding hydrogens is 326 g/mol. The lowest BCUT2D eigenvalue weighted by Gasteiger charge is -2.33. The number of hydrogen-bond acceptors (Lipinski definition) is 5. The molecule has 3 rings (SSSR count). The second-order valence-electron chi connectivity index (χ2n) is 6.74. The normalized spacial score (nSPS) is 15.1. The van der Waals surface area contributed by atoms with Gasteiger partial charge in [0.1, 0.15) is 12.0 Å². The van der Waals surface area contributed by atoms with E-state index in [9.17, 15) is 0 Å². The first-order chi connectivity index (χ1) is 12.8. The number of benzene rings is 1. The molecule has 138 valence electrons. The van der Waals surface area contributed by atoms with Crippen molar-refractivity contribution >= 4 is 0 Å². The summed E-state index contributed by atoms with van der Waals surface area (Å²) in [6.45, 7) is 4.09. The number of hydrogen-bond donors (Lipinski definition) is 0. The van der Waals surface area contributed by atoms with E-state index in [2.05, 4.69) is 11.0 Å². The zero-order chi connectivity index (χ0) is 18.2. The van der Waals surface area contributed by atoms with Crippen molar-refractivity contribution in [3.05, 3.63) is 36.2 Å². The van der Waals surface area contributed by atoms with Gasteiger partial charge in [-0.1, -0.05) is 31.4 Å². The fourth-order valence-electron chi connectivity index (χ4n) is 3.67. The lowest BCUT2D eigenvalue weighted by atomic mass is 9.94. The molecule has 0 unspecified atom stereocenters. The van der Waals surface area contributed by atoms with Crippen molar-refractivity contribution < 1.29 is 9.15 Å². The maximum atomic E-state index is 8.99. The van der Waals surface area contributed by atoms with E-state index in [1.54, 1.807) is 6.26 Å². The maximum Gasteiger partial charge on any atom is 0.229 e. The second kappa shape index (κ2) is 9.40. The minimum atomic E-state index is 0.549.